The predicted molar refractivity (Wildman–Crippen MR) is 113 cm³/mol. The van der Waals surface area contributed by atoms with Crippen LogP contribution in [0.5, 0.6) is 0 Å². The summed E-state index contributed by atoms with van der Waals surface area (Å²) in [5, 5.41) is 2.89. The van der Waals surface area contributed by atoms with Crippen LogP contribution >= 0.6 is 22.6 Å². The van der Waals surface area contributed by atoms with E-state index in [1.807, 2.05) is 45.0 Å². The largest absolute Gasteiger partial charge is 0.322 e. The normalized spacial score (nSPS) is 11.0. The van der Waals surface area contributed by atoms with Crippen molar-refractivity contribution in [3.05, 3.63) is 74.0 Å². The highest BCUT2D eigenvalue weighted by Crippen LogP contribution is 2.21. The lowest BCUT2D eigenvalue weighted by Gasteiger charge is -2.12. The molecule has 5 nitrogen and oxygen atoms in total. The number of hydrazine groups is 1. The first-order valence-corrected chi connectivity index (χ1v) is 9.23. The quantitative estimate of drug-likeness (QED) is 0.357. The topological polar surface area (TPSA) is 70.2 Å². The minimum atomic E-state index is -0.262. The number of anilines is 1. The number of benzene rings is 2. The summed E-state index contributed by atoms with van der Waals surface area (Å²) in [6.45, 7) is 7.66. The third-order valence-electron chi connectivity index (χ3n) is 3.73. The van der Waals surface area contributed by atoms with Crippen LogP contribution in [0.1, 0.15) is 34.0 Å². The standard InChI is InChI=1S/C20H22IN3O2/c1-12-8-13(2)19(14(3)9-12)22-18(25)10-15(4)23-24-20(26)16-6-5-7-17(21)11-16/h5-11,23H,1-4H3,(H,22,25)(H,24,26). The molecule has 0 aromatic heterocycles. The van der Waals surface area contributed by atoms with E-state index in [2.05, 4.69) is 38.8 Å². The van der Waals surface area contributed by atoms with E-state index in [1.54, 1.807) is 19.1 Å². The third kappa shape index (κ3) is 5.59. The van der Waals surface area contributed by atoms with Gasteiger partial charge in [-0.15, -0.1) is 0 Å². The highest BCUT2D eigenvalue weighted by atomic mass is 127. The maximum atomic E-state index is 12.2. The Morgan fingerprint density at radius 3 is 2.27 bits per heavy atom. The average molecular weight is 463 g/mol. The van der Waals surface area contributed by atoms with Gasteiger partial charge in [0.15, 0.2) is 0 Å². The fraction of sp³-hybridized carbons (Fsp3) is 0.200. The van der Waals surface area contributed by atoms with E-state index in [9.17, 15) is 9.59 Å². The Labute approximate surface area is 167 Å². The van der Waals surface area contributed by atoms with Gasteiger partial charge in [-0.05, 0) is 79.6 Å². The second-order valence-corrected chi connectivity index (χ2v) is 7.43. The van der Waals surface area contributed by atoms with Crippen LogP contribution in [0, 0.1) is 24.3 Å². The molecule has 3 N–H and O–H groups in total. The van der Waals surface area contributed by atoms with E-state index in [-0.39, 0.29) is 11.8 Å². The molecule has 136 valence electrons. The Hall–Kier alpha value is -2.35. The SMILES string of the molecule is CC(=CC(=O)Nc1c(C)cc(C)cc1C)NNC(=O)c1cccc(I)c1. The second-order valence-electron chi connectivity index (χ2n) is 6.18. The van der Waals surface area contributed by atoms with E-state index < -0.39 is 0 Å². The molecule has 0 aliphatic heterocycles. The van der Waals surface area contributed by atoms with Gasteiger partial charge in [0.2, 0.25) is 5.91 Å². The Bertz CT molecular complexity index is 852. The summed E-state index contributed by atoms with van der Waals surface area (Å²) in [7, 11) is 0. The van der Waals surface area contributed by atoms with Crippen molar-refractivity contribution in [2.75, 3.05) is 5.32 Å². The molecule has 0 saturated carbocycles. The van der Waals surface area contributed by atoms with Gasteiger partial charge in [0.25, 0.3) is 5.91 Å². The van der Waals surface area contributed by atoms with E-state index in [4.69, 9.17) is 0 Å². The van der Waals surface area contributed by atoms with Gasteiger partial charge in [-0.1, -0.05) is 23.8 Å². The number of hydrogen-bond donors (Lipinski definition) is 3. The van der Waals surface area contributed by atoms with Crippen LogP contribution in [-0.4, -0.2) is 11.8 Å². The minimum Gasteiger partial charge on any atom is -0.322 e. The molecule has 0 aliphatic carbocycles. The van der Waals surface area contributed by atoms with E-state index in [1.165, 1.54) is 6.08 Å². The molecule has 0 atom stereocenters. The molecule has 26 heavy (non-hydrogen) atoms. The maximum absolute atomic E-state index is 12.2. The molecular weight excluding hydrogens is 441 g/mol. The molecular formula is C20H22IN3O2. The molecule has 0 saturated heterocycles. The Morgan fingerprint density at radius 2 is 1.65 bits per heavy atom. The Kier molecular flexibility index (Phi) is 6.79. The maximum Gasteiger partial charge on any atom is 0.269 e. The van der Waals surface area contributed by atoms with Gasteiger partial charge in [-0.3, -0.25) is 15.0 Å². The molecule has 0 heterocycles. The zero-order valence-corrected chi connectivity index (χ0v) is 17.4. The number of aryl methyl sites for hydroxylation is 3. The van der Waals surface area contributed by atoms with E-state index in [0.717, 1.165) is 25.9 Å². The molecule has 0 fully saturated rings. The van der Waals surface area contributed by atoms with Crippen molar-refractivity contribution in [2.45, 2.75) is 27.7 Å². The summed E-state index contributed by atoms with van der Waals surface area (Å²) < 4.78 is 0.978. The third-order valence-corrected chi connectivity index (χ3v) is 4.40. The van der Waals surface area contributed by atoms with Gasteiger partial charge in [0.05, 0.1) is 0 Å². The summed E-state index contributed by atoms with van der Waals surface area (Å²) in [5.41, 5.74) is 10.4. The Morgan fingerprint density at radius 1 is 1.00 bits per heavy atom. The second kappa shape index (κ2) is 8.84. The minimum absolute atomic E-state index is 0.256. The van der Waals surface area contributed by atoms with Crippen LogP contribution in [0.3, 0.4) is 0 Å². The van der Waals surface area contributed by atoms with Crippen LogP contribution in [0.4, 0.5) is 5.69 Å². The molecule has 2 aromatic rings. The zero-order chi connectivity index (χ0) is 19.3. The van der Waals surface area contributed by atoms with Gasteiger partial charge < -0.3 is 10.7 Å². The lowest BCUT2D eigenvalue weighted by Crippen LogP contribution is -2.36. The van der Waals surface area contributed by atoms with Crippen molar-refractivity contribution >= 4 is 40.1 Å². The highest BCUT2D eigenvalue weighted by Gasteiger charge is 2.08. The van der Waals surface area contributed by atoms with Gasteiger partial charge >= 0.3 is 0 Å². The summed E-state index contributed by atoms with van der Waals surface area (Å²) in [5.74, 6) is -0.518. The van der Waals surface area contributed by atoms with Crippen LogP contribution in [0.15, 0.2) is 48.2 Å². The van der Waals surface area contributed by atoms with Crippen molar-refractivity contribution < 1.29 is 9.59 Å². The summed E-state index contributed by atoms with van der Waals surface area (Å²) in [4.78, 5) is 24.3. The van der Waals surface area contributed by atoms with Crippen LogP contribution in [0.25, 0.3) is 0 Å². The van der Waals surface area contributed by atoms with Gasteiger partial charge in [0, 0.05) is 26.6 Å². The number of allylic oxidation sites excluding steroid dienone is 1. The predicted octanol–water partition coefficient (Wildman–Crippen LogP) is 3.99. The van der Waals surface area contributed by atoms with Crippen molar-refractivity contribution in [3.63, 3.8) is 0 Å². The van der Waals surface area contributed by atoms with Gasteiger partial charge in [-0.25, -0.2) is 0 Å². The number of hydrogen-bond acceptors (Lipinski definition) is 3. The first kappa shape index (κ1) is 20.0. The number of rotatable bonds is 5. The van der Waals surface area contributed by atoms with Crippen molar-refractivity contribution in [3.8, 4) is 0 Å². The smallest absolute Gasteiger partial charge is 0.269 e. The van der Waals surface area contributed by atoms with Gasteiger partial charge in [-0.2, -0.15) is 0 Å². The van der Waals surface area contributed by atoms with Crippen molar-refractivity contribution in [2.24, 2.45) is 0 Å². The summed E-state index contributed by atoms with van der Waals surface area (Å²) in [6, 6.07) is 11.3. The lowest BCUT2D eigenvalue weighted by atomic mass is 10.1. The zero-order valence-electron chi connectivity index (χ0n) is 15.2. The number of amides is 2. The summed E-state index contributed by atoms with van der Waals surface area (Å²) in [6.07, 6.45) is 1.41. The fourth-order valence-corrected chi connectivity index (χ4v) is 3.17. The highest BCUT2D eigenvalue weighted by molar-refractivity contribution is 14.1. The molecule has 0 bridgehead atoms. The molecule has 0 unspecified atom stereocenters. The molecule has 0 radical (unpaired) electrons. The molecule has 2 aromatic carbocycles. The molecule has 6 heteroatoms. The van der Waals surface area contributed by atoms with Crippen LogP contribution in [0.2, 0.25) is 0 Å². The summed E-state index contributed by atoms with van der Waals surface area (Å²) >= 11 is 2.15. The number of nitrogens with one attached hydrogen (secondary N) is 3. The first-order chi connectivity index (χ1) is 12.3. The first-order valence-electron chi connectivity index (χ1n) is 8.15. The van der Waals surface area contributed by atoms with E-state index in [0.29, 0.717) is 11.3 Å². The van der Waals surface area contributed by atoms with Gasteiger partial charge in [0.1, 0.15) is 0 Å². The van der Waals surface area contributed by atoms with Crippen molar-refractivity contribution in [1.82, 2.24) is 10.9 Å². The average Bonchev–Trinajstić information content (AvgIpc) is 2.56. The monoisotopic (exact) mass is 463 g/mol. The molecule has 2 amide bonds. The number of carbonyl (C=O) groups excluding carboxylic acids is 2. The van der Waals surface area contributed by atoms with Crippen LogP contribution < -0.4 is 16.2 Å². The number of halogens is 1. The molecule has 0 spiro atoms. The number of carbonyl (C=O) groups is 2. The molecule has 0 aliphatic rings. The van der Waals surface area contributed by atoms with Crippen LogP contribution in [-0.2, 0) is 4.79 Å². The van der Waals surface area contributed by atoms with Crippen molar-refractivity contribution in [1.29, 1.82) is 0 Å². The van der Waals surface area contributed by atoms with E-state index >= 15 is 0 Å². The molecule has 2 rings (SSSR count). The fourth-order valence-electron chi connectivity index (χ4n) is 2.63. The Balaban J connectivity index is 1.97. The lowest BCUT2D eigenvalue weighted by molar-refractivity contribution is -0.112.